The average Bonchev–Trinajstić information content (AvgIpc) is 2.65. The van der Waals surface area contributed by atoms with Gasteiger partial charge in [0.05, 0.1) is 0 Å². The summed E-state index contributed by atoms with van der Waals surface area (Å²) in [5, 5.41) is 19.7. The van der Waals surface area contributed by atoms with Crippen molar-refractivity contribution in [3.8, 4) is 0 Å². The average molecular weight is 322 g/mol. The highest BCUT2D eigenvalue weighted by molar-refractivity contribution is 7.52. The zero-order valence-corrected chi connectivity index (χ0v) is 11.4. The first-order valence-corrected chi connectivity index (χ1v) is 7.48. The normalized spacial score (nSPS) is 31.3. The smallest absolute Gasteiger partial charge is 0.351 e. The number of aliphatic hydroxyl groups is 2. The molecule has 5 atom stereocenters. The Bertz CT molecular complexity index is 631. The Morgan fingerprint density at radius 2 is 2.00 bits per heavy atom. The van der Waals surface area contributed by atoms with Gasteiger partial charge in [0.25, 0.3) is 0 Å². The Labute approximate surface area is 117 Å². The molecule has 1 aliphatic rings. The Morgan fingerprint density at radius 3 is 2.52 bits per heavy atom. The highest BCUT2D eigenvalue weighted by Gasteiger charge is 2.50. The van der Waals surface area contributed by atoms with E-state index in [1.807, 2.05) is 0 Å². The van der Waals surface area contributed by atoms with Gasteiger partial charge in [-0.15, -0.1) is 0 Å². The van der Waals surface area contributed by atoms with Crippen molar-refractivity contribution in [2.75, 3.05) is 5.73 Å². The van der Waals surface area contributed by atoms with Crippen LogP contribution in [0.15, 0.2) is 17.1 Å². The van der Waals surface area contributed by atoms with E-state index in [0.29, 0.717) is 0 Å². The second-order valence-corrected chi connectivity index (χ2v) is 6.37. The maximum atomic E-state index is 11.7. The summed E-state index contributed by atoms with van der Waals surface area (Å²) in [6.07, 6.45) is -5.05. The van der Waals surface area contributed by atoms with Crippen molar-refractivity contribution in [3.63, 3.8) is 0 Å². The van der Waals surface area contributed by atoms with E-state index in [1.54, 1.807) is 0 Å². The van der Waals surface area contributed by atoms with Gasteiger partial charge >= 0.3 is 13.3 Å². The lowest BCUT2D eigenvalue weighted by Crippen LogP contribution is -2.43. The van der Waals surface area contributed by atoms with Crippen LogP contribution in [0.3, 0.4) is 0 Å². The van der Waals surface area contributed by atoms with E-state index < -0.39 is 43.6 Å². The highest BCUT2D eigenvalue weighted by atomic mass is 31.2. The number of aromatic nitrogens is 2. The van der Waals surface area contributed by atoms with Crippen LogP contribution in [-0.4, -0.2) is 53.6 Å². The van der Waals surface area contributed by atoms with Crippen LogP contribution in [0.5, 0.6) is 0 Å². The molecule has 0 unspecified atom stereocenters. The molecule has 11 nitrogen and oxygen atoms in total. The first-order valence-electron chi connectivity index (χ1n) is 5.80. The molecule has 1 aromatic rings. The number of rotatable bonds is 3. The van der Waals surface area contributed by atoms with E-state index in [-0.39, 0.29) is 5.82 Å². The molecule has 12 heteroatoms. The van der Waals surface area contributed by atoms with Gasteiger partial charge in [-0.05, 0) is 6.07 Å². The summed E-state index contributed by atoms with van der Waals surface area (Å²) in [4.78, 5) is 33.1. The number of nitrogens with zero attached hydrogens (tertiary/aromatic N) is 2. The predicted octanol–water partition coefficient (Wildman–Crippen LogP) is -3.09. The van der Waals surface area contributed by atoms with E-state index in [4.69, 9.17) is 26.0 Å². The van der Waals surface area contributed by atoms with Crippen LogP contribution in [0, 0.1) is 0 Å². The van der Waals surface area contributed by atoms with Crippen LogP contribution in [0.2, 0.25) is 0 Å². The Balaban J connectivity index is 2.32. The molecule has 118 valence electrons. The first-order chi connectivity index (χ1) is 9.62. The van der Waals surface area contributed by atoms with Crippen LogP contribution in [-0.2, 0) is 9.30 Å². The van der Waals surface area contributed by atoms with Crippen LogP contribution in [0.25, 0.3) is 0 Å². The lowest BCUT2D eigenvalue weighted by Gasteiger charge is -2.22. The van der Waals surface area contributed by atoms with Crippen LogP contribution in [0.4, 0.5) is 5.82 Å². The van der Waals surface area contributed by atoms with Gasteiger partial charge in [-0.2, -0.15) is 4.98 Å². The Kier molecular flexibility index (Phi) is 4.17. The predicted molar refractivity (Wildman–Crippen MR) is 68.9 cm³/mol. The minimum Gasteiger partial charge on any atom is -0.387 e. The molecule has 8 N–H and O–H groups in total. The summed E-state index contributed by atoms with van der Waals surface area (Å²) < 4.78 is 17.1. The molecule has 0 bridgehead atoms. The van der Waals surface area contributed by atoms with E-state index in [2.05, 4.69) is 4.98 Å². The second-order valence-electron chi connectivity index (χ2n) is 4.59. The summed E-state index contributed by atoms with van der Waals surface area (Å²) in [6, 6.07) is 1.26. The fourth-order valence-corrected chi connectivity index (χ4v) is 2.64. The van der Waals surface area contributed by atoms with Crippen molar-refractivity contribution in [3.05, 3.63) is 22.7 Å². The minimum atomic E-state index is -4.75. The molecule has 2 heterocycles. The molecule has 1 aromatic heterocycles. The standard InChI is InChI=1S/C9H15N4O7P/c10-3-1-2-13(9(16)12-3)8-5(15)4(14)6(20-8)7(11)21(17,18)19/h1-2,4-8,14-15H,11H2,(H2,10,12,16)(H2,17,18,19)/t4-,5+,6-,7-,8+/m0/s1. The lowest BCUT2D eigenvalue weighted by atomic mass is 10.1. The van der Waals surface area contributed by atoms with Gasteiger partial charge in [0, 0.05) is 6.20 Å². The topological polar surface area (TPSA) is 194 Å². The molecular formula is C9H15N4O7P. The first kappa shape index (κ1) is 16.0. The molecule has 0 spiro atoms. The molecule has 1 saturated heterocycles. The van der Waals surface area contributed by atoms with E-state index in [9.17, 15) is 19.6 Å². The number of nitrogen functional groups attached to an aromatic ring is 1. The van der Waals surface area contributed by atoms with Gasteiger partial charge in [0.15, 0.2) is 6.23 Å². The number of aliphatic hydroxyl groups excluding tert-OH is 2. The maximum absolute atomic E-state index is 11.7. The van der Waals surface area contributed by atoms with E-state index in [1.165, 1.54) is 12.3 Å². The van der Waals surface area contributed by atoms with E-state index in [0.717, 1.165) is 4.57 Å². The van der Waals surface area contributed by atoms with Crippen molar-refractivity contribution in [2.24, 2.45) is 5.73 Å². The molecule has 0 aromatic carbocycles. The van der Waals surface area contributed by atoms with Gasteiger partial charge in [0.1, 0.15) is 29.9 Å². The quantitative estimate of drug-likeness (QED) is 0.310. The number of hydrogen-bond donors (Lipinski definition) is 6. The molecule has 1 aliphatic heterocycles. The van der Waals surface area contributed by atoms with Crippen molar-refractivity contribution in [1.82, 2.24) is 9.55 Å². The fraction of sp³-hybridized carbons (Fsp3) is 0.556. The largest absolute Gasteiger partial charge is 0.387 e. The molecular weight excluding hydrogens is 307 g/mol. The summed E-state index contributed by atoms with van der Waals surface area (Å²) in [7, 11) is -4.75. The summed E-state index contributed by atoms with van der Waals surface area (Å²) in [6.45, 7) is 0. The third-order valence-corrected chi connectivity index (χ3v) is 4.20. The minimum absolute atomic E-state index is 0.0484. The highest BCUT2D eigenvalue weighted by Crippen LogP contribution is 2.44. The SMILES string of the molecule is Nc1ccn([C@@H]2O[C@H]([C@@H](N)P(=O)(O)O)[C@@H](O)[C@H]2O)c(=O)n1. The van der Waals surface area contributed by atoms with Gasteiger partial charge in [-0.3, -0.25) is 9.13 Å². The molecule has 0 amide bonds. The summed E-state index contributed by atoms with van der Waals surface area (Å²) in [5.74, 6) is -1.89. The number of nitrogens with two attached hydrogens (primary N) is 2. The number of ether oxygens (including phenoxy) is 1. The Morgan fingerprint density at radius 1 is 1.38 bits per heavy atom. The van der Waals surface area contributed by atoms with Gasteiger partial charge in [0.2, 0.25) is 0 Å². The number of hydrogen-bond acceptors (Lipinski definition) is 8. The van der Waals surface area contributed by atoms with Crippen molar-refractivity contribution in [2.45, 2.75) is 30.3 Å². The Hall–Kier alpha value is -1.33. The fourth-order valence-electron chi connectivity index (χ4n) is 2.01. The van der Waals surface area contributed by atoms with Crippen molar-refractivity contribution >= 4 is 13.4 Å². The van der Waals surface area contributed by atoms with Gasteiger partial charge in [-0.1, -0.05) is 0 Å². The molecule has 0 radical (unpaired) electrons. The summed E-state index contributed by atoms with van der Waals surface area (Å²) >= 11 is 0. The zero-order chi connectivity index (χ0) is 15.9. The maximum Gasteiger partial charge on any atom is 0.351 e. The van der Waals surface area contributed by atoms with E-state index >= 15 is 0 Å². The molecule has 21 heavy (non-hydrogen) atoms. The van der Waals surface area contributed by atoms with Crippen LogP contribution in [0.1, 0.15) is 6.23 Å². The van der Waals surface area contributed by atoms with Gasteiger partial charge in [-0.25, -0.2) is 4.79 Å². The monoisotopic (exact) mass is 322 g/mol. The molecule has 0 aliphatic carbocycles. The number of anilines is 1. The van der Waals surface area contributed by atoms with Crippen LogP contribution >= 0.6 is 7.60 Å². The summed E-state index contributed by atoms with van der Waals surface area (Å²) in [5.41, 5.74) is 9.80. The van der Waals surface area contributed by atoms with Crippen molar-refractivity contribution < 1.29 is 29.3 Å². The van der Waals surface area contributed by atoms with Gasteiger partial charge < -0.3 is 36.2 Å². The van der Waals surface area contributed by atoms with Crippen molar-refractivity contribution in [1.29, 1.82) is 0 Å². The molecule has 0 saturated carbocycles. The molecule has 2 rings (SSSR count). The second kappa shape index (κ2) is 5.46. The molecule has 1 fully saturated rings. The third kappa shape index (κ3) is 2.99. The zero-order valence-electron chi connectivity index (χ0n) is 10.6. The van der Waals surface area contributed by atoms with Crippen LogP contribution < -0.4 is 17.2 Å². The lowest BCUT2D eigenvalue weighted by molar-refractivity contribution is -0.0416. The third-order valence-electron chi connectivity index (χ3n) is 3.13.